The average molecular weight is 643 g/mol. The molecule has 6 atom stereocenters. The second kappa shape index (κ2) is 14.5. The fraction of sp³-hybridized carbons (Fsp3) is 0.512. The molecule has 0 bridgehead atoms. The zero-order chi connectivity index (χ0) is 33.0. The van der Waals surface area contributed by atoms with Gasteiger partial charge in [0, 0.05) is 0 Å². The second-order valence-electron chi connectivity index (χ2n) is 14.8. The summed E-state index contributed by atoms with van der Waals surface area (Å²) in [5.74, 6) is 3.44. The first-order valence-electron chi connectivity index (χ1n) is 17.5. The van der Waals surface area contributed by atoms with Gasteiger partial charge < -0.3 is 9.05 Å². The van der Waals surface area contributed by atoms with Crippen LogP contribution in [0.1, 0.15) is 92.9 Å². The Kier molecular flexibility index (Phi) is 10.9. The van der Waals surface area contributed by atoms with Gasteiger partial charge in [-0.15, -0.1) is 0 Å². The molecular weight excluding hydrogens is 587 g/mol. The van der Waals surface area contributed by atoms with Gasteiger partial charge in [0.05, 0.1) is 6.10 Å². The maximum Gasteiger partial charge on any atom is 0.587 e. The first kappa shape index (κ1) is 34.5. The summed E-state index contributed by atoms with van der Waals surface area (Å²) in [6.07, 6.45) is 17.7. The van der Waals surface area contributed by atoms with Gasteiger partial charge in [-0.2, -0.15) is 0 Å². The number of rotatable bonds is 11. The van der Waals surface area contributed by atoms with E-state index in [1.54, 1.807) is 29.8 Å². The number of benzene rings is 2. The third-order valence-electron chi connectivity index (χ3n) is 11.6. The van der Waals surface area contributed by atoms with Gasteiger partial charge in [-0.1, -0.05) is 120 Å². The molecule has 3 aliphatic carbocycles. The first-order chi connectivity index (χ1) is 21.9. The summed E-state index contributed by atoms with van der Waals surface area (Å²) < 4.78 is 32.2. The summed E-state index contributed by atoms with van der Waals surface area (Å²) in [5, 5.41) is 0. The van der Waals surface area contributed by atoms with Crippen LogP contribution in [0.15, 0.2) is 108 Å². The monoisotopic (exact) mass is 642 g/mol. The van der Waals surface area contributed by atoms with Crippen molar-refractivity contribution in [1.82, 2.24) is 0 Å². The standard InChI is InChI=1S/C41H55O4P/c1-30(2)31(3)20-21-33(5)39-26-28-40(6)35(15-14-27-41(39,40)7)24-23-34-29-38(25-22-32(34)4)45-46(42,43-36-16-10-8-11-17-36)44-37-18-12-9-13-19-37/h8-13,16-21,23-24,30-31,33,38-39H,4,14-15,22,25-29H2,1-3,5-7H3/b21-20+,34-23-,35-24+/t31-,33+,38-,39+,40-,41+/m0/s1. The molecule has 0 aliphatic heterocycles. The van der Waals surface area contributed by atoms with E-state index in [9.17, 15) is 4.57 Å². The minimum absolute atomic E-state index is 0.188. The van der Waals surface area contributed by atoms with Gasteiger partial charge in [0.15, 0.2) is 0 Å². The molecule has 46 heavy (non-hydrogen) atoms. The van der Waals surface area contributed by atoms with Crippen molar-refractivity contribution in [3.8, 4) is 11.5 Å². The summed E-state index contributed by atoms with van der Waals surface area (Å²) in [6, 6.07) is 18.2. The van der Waals surface area contributed by atoms with Crippen LogP contribution in [0.5, 0.6) is 11.5 Å². The van der Waals surface area contributed by atoms with Crippen molar-refractivity contribution in [3.63, 3.8) is 0 Å². The Morgan fingerprint density at radius 3 is 2.09 bits per heavy atom. The molecule has 5 heteroatoms. The Balaban J connectivity index is 1.33. The predicted octanol–water partition coefficient (Wildman–Crippen LogP) is 12.3. The molecule has 0 amide bonds. The highest BCUT2D eigenvalue weighted by molar-refractivity contribution is 7.49. The van der Waals surface area contributed by atoms with Crippen molar-refractivity contribution in [2.75, 3.05) is 0 Å². The summed E-state index contributed by atoms with van der Waals surface area (Å²) in [4.78, 5) is 0. The van der Waals surface area contributed by atoms with E-state index in [0.29, 0.717) is 48.0 Å². The zero-order valence-corrected chi connectivity index (χ0v) is 29.8. The smallest absolute Gasteiger partial charge is 0.395 e. The summed E-state index contributed by atoms with van der Waals surface area (Å²) in [6.45, 7) is 18.9. The van der Waals surface area contributed by atoms with Gasteiger partial charge >= 0.3 is 7.82 Å². The SMILES string of the molecule is C=C1CC[C@H](OP(=O)(Oc2ccccc2)Oc2ccccc2)C/C1=C/C=C1\CCC[C@]2(C)[C@@H]([C@H](C)/C=C/[C@H](C)C(C)C)CC[C@@]12C. The lowest BCUT2D eigenvalue weighted by Crippen LogP contribution is -2.42. The van der Waals surface area contributed by atoms with Crippen LogP contribution in [0.25, 0.3) is 0 Å². The van der Waals surface area contributed by atoms with E-state index in [2.05, 4.69) is 72.4 Å². The normalized spacial score (nSPS) is 30.1. The van der Waals surface area contributed by atoms with Crippen LogP contribution in [0.2, 0.25) is 0 Å². The van der Waals surface area contributed by atoms with Crippen molar-refractivity contribution >= 4 is 7.82 Å². The van der Waals surface area contributed by atoms with Crippen molar-refractivity contribution in [2.45, 2.75) is 99.0 Å². The predicted molar refractivity (Wildman–Crippen MR) is 191 cm³/mol. The van der Waals surface area contributed by atoms with Crippen molar-refractivity contribution in [3.05, 3.63) is 108 Å². The molecule has 0 unspecified atom stereocenters. The van der Waals surface area contributed by atoms with Crippen LogP contribution in [-0.2, 0) is 9.09 Å². The molecule has 5 rings (SSSR count). The van der Waals surface area contributed by atoms with Gasteiger partial charge in [0.1, 0.15) is 11.5 Å². The maximum atomic E-state index is 14.1. The quantitative estimate of drug-likeness (QED) is 0.181. The highest BCUT2D eigenvalue weighted by Crippen LogP contribution is 2.67. The van der Waals surface area contributed by atoms with E-state index in [-0.39, 0.29) is 16.9 Å². The largest absolute Gasteiger partial charge is 0.587 e. The lowest BCUT2D eigenvalue weighted by atomic mass is 9.53. The molecule has 0 aromatic heterocycles. The summed E-state index contributed by atoms with van der Waals surface area (Å²) in [5.41, 5.74) is 4.34. The van der Waals surface area contributed by atoms with E-state index in [1.807, 2.05) is 36.4 Å². The van der Waals surface area contributed by atoms with Crippen LogP contribution in [0.3, 0.4) is 0 Å². The molecule has 3 aliphatic rings. The number of allylic oxidation sites excluding steroid dienone is 6. The number of para-hydroxylation sites is 2. The molecule has 0 spiro atoms. The molecule has 0 saturated heterocycles. The number of phosphoric acid groups is 1. The Labute approximate surface area is 278 Å². The molecule has 2 aromatic rings. The average Bonchev–Trinajstić information content (AvgIpc) is 3.31. The molecule has 4 nitrogen and oxygen atoms in total. The van der Waals surface area contributed by atoms with Crippen LogP contribution >= 0.6 is 7.82 Å². The first-order valence-corrected chi connectivity index (χ1v) is 18.9. The van der Waals surface area contributed by atoms with E-state index in [1.165, 1.54) is 31.3 Å². The highest BCUT2D eigenvalue weighted by Gasteiger charge is 2.57. The molecule has 248 valence electrons. The van der Waals surface area contributed by atoms with Gasteiger partial charge in [0.2, 0.25) is 0 Å². The zero-order valence-electron chi connectivity index (χ0n) is 28.9. The van der Waals surface area contributed by atoms with E-state index in [0.717, 1.165) is 18.4 Å². The molecule has 0 N–H and O–H groups in total. The van der Waals surface area contributed by atoms with Gasteiger partial charge in [0.25, 0.3) is 0 Å². The van der Waals surface area contributed by atoms with Crippen LogP contribution in [0, 0.1) is 34.5 Å². The third-order valence-corrected chi connectivity index (χ3v) is 13.1. The number of hydrogen-bond donors (Lipinski definition) is 0. The minimum Gasteiger partial charge on any atom is -0.395 e. The molecule has 3 fully saturated rings. The topological polar surface area (TPSA) is 44.8 Å². The van der Waals surface area contributed by atoms with Gasteiger partial charge in [-0.05, 0) is 116 Å². The van der Waals surface area contributed by atoms with Crippen molar-refractivity contribution in [1.29, 1.82) is 0 Å². The Morgan fingerprint density at radius 2 is 1.48 bits per heavy atom. The second-order valence-corrected chi connectivity index (χ2v) is 16.3. The van der Waals surface area contributed by atoms with Crippen LogP contribution in [0.4, 0.5) is 0 Å². The van der Waals surface area contributed by atoms with E-state index in [4.69, 9.17) is 13.6 Å². The lowest BCUT2D eigenvalue weighted by Gasteiger charge is -2.51. The molecule has 3 saturated carbocycles. The fourth-order valence-electron chi connectivity index (χ4n) is 8.11. The van der Waals surface area contributed by atoms with Crippen LogP contribution in [-0.4, -0.2) is 6.10 Å². The number of phosphoric ester groups is 1. The third kappa shape index (κ3) is 7.66. The van der Waals surface area contributed by atoms with Gasteiger partial charge in [-0.3, -0.25) is 4.52 Å². The molecular formula is C41H55O4P. The Morgan fingerprint density at radius 1 is 0.848 bits per heavy atom. The maximum absolute atomic E-state index is 14.1. The number of fused-ring (bicyclic) bond motifs is 1. The molecule has 0 radical (unpaired) electrons. The lowest BCUT2D eigenvalue weighted by molar-refractivity contribution is 0.0456. The van der Waals surface area contributed by atoms with E-state index >= 15 is 0 Å². The fourth-order valence-corrected chi connectivity index (χ4v) is 9.54. The van der Waals surface area contributed by atoms with E-state index < -0.39 is 7.82 Å². The van der Waals surface area contributed by atoms with Crippen molar-refractivity contribution in [2.24, 2.45) is 34.5 Å². The number of hydrogen-bond acceptors (Lipinski definition) is 4. The summed E-state index contributed by atoms with van der Waals surface area (Å²) in [7, 11) is -3.97. The Hall–Kier alpha value is -2.81. The minimum atomic E-state index is -3.97. The molecule has 0 heterocycles. The molecule has 2 aromatic carbocycles. The summed E-state index contributed by atoms with van der Waals surface area (Å²) >= 11 is 0. The highest BCUT2D eigenvalue weighted by atomic mass is 31.2. The van der Waals surface area contributed by atoms with Crippen LogP contribution < -0.4 is 9.05 Å². The van der Waals surface area contributed by atoms with Gasteiger partial charge in [-0.25, -0.2) is 4.57 Å². The van der Waals surface area contributed by atoms with Crippen molar-refractivity contribution < 1.29 is 18.1 Å². The Bertz CT molecular complexity index is 1430.